The number of anilines is 2. The molecular formula is C33H41N7O4. The highest BCUT2D eigenvalue weighted by Crippen LogP contribution is 2.37. The molecule has 0 radical (unpaired) electrons. The van der Waals surface area contributed by atoms with Crippen LogP contribution in [0, 0.1) is 6.92 Å². The van der Waals surface area contributed by atoms with E-state index < -0.39 is 0 Å². The number of carbonyl (C=O) groups excluding carboxylic acids is 2. The monoisotopic (exact) mass is 599 g/mol. The van der Waals surface area contributed by atoms with Crippen LogP contribution >= 0.6 is 0 Å². The Bertz CT molecular complexity index is 1420. The van der Waals surface area contributed by atoms with Crippen molar-refractivity contribution in [3.8, 4) is 0 Å². The van der Waals surface area contributed by atoms with Gasteiger partial charge < -0.3 is 19.9 Å². The molecule has 3 aliphatic rings. The average molecular weight is 600 g/mol. The third kappa shape index (κ3) is 6.69. The molecule has 11 heteroatoms. The van der Waals surface area contributed by atoms with E-state index in [0.29, 0.717) is 11.5 Å². The van der Waals surface area contributed by atoms with Crippen LogP contribution in [0.1, 0.15) is 58.9 Å². The molecule has 3 amide bonds. The van der Waals surface area contributed by atoms with Crippen molar-refractivity contribution in [2.75, 3.05) is 45.3 Å². The van der Waals surface area contributed by atoms with Crippen molar-refractivity contribution in [3.05, 3.63) is 83.2 Å². The van der Waals surface area contributed by atoms with E-state index >= 15 is 0 Å². The van der Waals surface area contributed by atoms with Gasteiger partial charge in [-0.25, -0.2) is 20.2 Å². The first-order valence-corrected chi connectivity index (χ1v) is 15.5. The standard InChI is InChI=1S/C33H41N7O4/c1-23-26(20-34-32(35-23)36-27-10-8-25(9-11-27)31(41)37-43-2)21-38-16-12-29(13-17-38)40-30(24-6-4-3-5-7-24)22-39(33(40)42)28-14-18-44-19-15-28/h3-11,20,28-30H,12-19,21-22H2,1-2H3,(H,37,41)(H,34,35,36). The summed E-state index contributed by atoms with van der Waals surface area (Å²) in [7, 11) is 1.40. The fourth-order valence-electron chi connectivity index (χ4n) is 6.58. The molecule has 3 aliphatic heterocycles. The molecule has 44 heavy (non-hydrogen) atoms. The zero-order valence-corrected chi connectivity index (χ0v) is 25.4. The van der Waals surface area contributed by atoms with Crippen LogP contribution in [0.4, 0.5) is 16.4 Å². The molecule has 3 fully saturated rings. The van der Waals surface area contributed by atoms with E-state index in [2.05, 4.69) is 64.6 Å². The lowest BCUT2D eigenvalue weighted by molar-refractivity contribution is 0.0493. The Morgan fingerprint density at radius 2 is 1.73 bits per heavy atom. The van der Waals surface area contributed by atoms with Crippen LogP contribution in [-0.4, -0.2) is 88.6 Å². The van der Waals surface area contributed by atoms with Crippen molar-refractivity contribution in [2.24, 2.45) is 0 Å². The van der Waals surface area contributed by atoms with Crippen LogP contribution in [-0.2, 0) is 16.1 Å². The summed E-state index contributed by atoms with van der Waals surface area (Å²) in [6.07, 6.45) is 5.59. The van der Waals surface area contributed by atoms with E-state index in [-0.39, 0.29) is 30.1 Å². The molecule has 4 heterocycles. The van der Waals surface area contributed by atoms with Gasteiger partial charge in [-0.1, -0.05) is 30.3 Å². The third-order valence-electron chi connectivity index (χ3n) is 9.01. The van der Waals surface area contributed by atoms with E-state index in [4.69, 9.17) is 4.74 Å². The number of likely N-dealkylation sites (tertiary alicyclic amines) is 1. The van der Waals surface area contributed by atoms with Gasteiger partial charge in [0.15, 0.2) is 0 Å². The molecule has 0 bridgehead atoms. The molecule has 0 aliphatic carbocycles. The molecule has 0 saturated carbocycles. The maximum absolute atomic E-state index is 13.9. The summed E-state index contributed by atoms with van der Waals surface area (Å²) in [5.41, 5.74) is 6.82. The molecule has 6 rings (SSSR count). The first-order valence-electron chi connectivity index (χ1n) is 15.5. The Hall–Kier alpha value is -4.06. The lowest BCUT2D eigenvalue weighted by Gasteiger charge is -2.39. The largest absolute Gasteiger partial charge is 0.381 e. The van der Waals surface area contributed by atoms with E-state index in [1.165, 1.54) is 12.7 Å². The van der Waals surface area contributed by atoms with E-state index in [0.717, 1.165) is 82.0 Å². The predicted molar refractivity (Wildman–Crippen MR) is 166 cm³/mol. The highest BCUT2D eigenvalue weighted by Gasteiger charge is 2.45. The van der Waals surface area contributed by atoms with Crippen molar-refractivity contribution in [1.82, 2.24) is 30.1 Å². The van der Waals surface area contributed by atoms with Crippen LogP contribution in [0.3, 0.4) is 0 Å². The second kappa shape index (κ2) is 13.7. The number of hydrogen-bond acceptors (Lipinski definition) is 8. The highest BCUT2D eigenvalue weighted by atomic mass is 16.6. The summed E-state index contributed by atoms with van der Waals surface area (Å²) < 4.78 is 5.58. The van der Waals surface area contributed by atoms with Crippen LogP contribution in [0.5, 0.6) is 0 Å². The molecule has 2 N–H and O–H groups in total. The van der Waals surface area contributed by atoms with E-state index in [9.17, 15) is 9.59 Å². The zero-order chi connectivity index (χ0) is 30.5. The number of carbonyl (C=O) groups is 2. The van der Waals surface area contributed by atoms with Crippen molar-refractivity contribution in [2.45, 2.75) is 57.3 Å². The number of piperidine rings is 1. The van der Waals surface area contributed by atoms with E-state index in [1.54, 1.807) is 24.3 Å². The second-order valence-corrected chi connectivity index (χ2v) is 11.8. The summed E-state index contributed by atoms with van der Waals surface area (Å²) >= 11 is 0. The fourth-order valence-corrected chi connectivity index (χ4v) is 6.58. The summed E-state index contributed by atoms with van der Waals surface area (Å²) in [5, 5.41) is 3.21. The van der Waals surface area contributed by atoms with Gasteiger partial charge in [-0.05, 0) is 62.4 Å². The van der Waals surface area contributed by atoms with Gasteiger partial charge in [-0.15, -0.1) is 0 Å². The number of urea groups is 1. The normalized spacial score (nSPS) is 20.2. The maximum atomic E-state index is 13.9. The Labute approximate surface area is 258 Å². The molecule has 1 unspecified atom stereocenters. The van der Waals surface area contributed by atoms with Gasteiger partial charge in [-0.2, -0.15) is 0 Å². The molecule has 11 nitrogen and oxygen atoms in total. The molecule has 3 aromatic rings. The fraction of sp³-hybridized carbons (Fsp3) is 0.455. The molecule has 1 aromatic heterocycles. The van der Waals surface area contributed by atoms with Gasteiger partial charge in [0.2, 0.25) is 5.95 Å². The number of nitrogens with one attached hydrogen (secondary N) is 2. The average Bonchev–Trinajstić information content (AvgIpc) is 3.41. The molecule has 232 valence electrons. The first-order chi connectivity index (χ1) is 21.5. The number of ether oxygens (including phenoxy) is 1. The Balaban J connectivity index is 1.06. The maximum Gasteiger partial charge on any atom is 0.321 e. The summed E-state index contributed by atoms with van der Waals surface area (Å²) in [5.74, 6) is 0.201. The van der Waals surface area contributed by atoms with Crippen molar-refractivity contribution >= 4 is 23.6 Å². The molecule has 1 atom stereocenters. The first kappa shape index (κ1) is 30.0. The number of nitrogens with zero attached hydrogens (tertiary/aromatic N) is 5. The van der Waals surface area contributed by atoms with Gasteiger partial charge in [0.25, 0.3) is 5.91 Å². The number of hydrogen-bond donors (Lipinski definition) is 2. The number of hydroxylamine groups is 1. The summed E-state index contributed by atoms with van der Waals surface area (Å²) in [6.45, 7) is 6.80. The number of amides is 3. The van der Waals surface area contributed by atoms with Crippen LogP contribution in [0.15, 0.2) is 60.8 Å². The summed E-state index contributed by atoms with van der Waals surface area (Å²) in [4.78, 5) is 46.5. The lowest BCUT2D eigenvalue weighted by Crippen LogP contribution is -2.48. The third-order valence-corrected chi connectivity index (χ3v) is 9.01. The van der Waals surface area contributed by atoms with Gasteiger partial charge in [0.05, 0.1) is 13.2 Å². The smallest absolute Gasteiger partial charge is 0.321 e. The van der Waals surface area contributed by atoms with Gasteiger partial charge in [0.1, 0.15) is 0 Å². The van der Waals surface area contributed by atoms with Crippen LogP contribution in [0.2, 0.25) is 0 Å². The second-order valence-electron chi connectivity index (χ2n) is 11.8. The van der Waals surface area contributed by atoms with Crippen molar-refractivity contribution in [3.63, 3.8) is 0 Å². The van der Waals surface area contributed by atoms with Crippen LogP contribution < -0.4 is 10.8 Å². The minimum atomic E-state index is -0.306. The minimum absolute atomic E-state index is 0.0810. The minimum Gasteiger partial charge on any atom is -0.381 e. The molecule has 2 aromatic carbocycles. The number of rotatable bonds is 9. The van der Waals surface area contributed by atoms with Crippen molar-refractivity contribution < 1.29 is 19.2 Å². The quantitative estimate of drug-likeness (QED) is 0.347. The van der Waals surface area contributed by atoms with Crippen molar-refractivity contribution in [1.29, 1.82) is 0 Å². The topological polar surface area (TPSA) is 112 Å². The lowest BCUT2D eigenvalue weighted by atomic mass is 9.98. The zero-order valence-electron chi connectivity index (χ0n) is 25.4. The van der Waals surface area contributed by atoms with E-state index in [1.807, 2.05) is 19.2 Å². The van der Waals surface area contributed by atoms with Gasteiger partial charge in [0, 0.05) is 80.2 Å². The Morgan fingerprint density at radius 3 is 2.41 bits per heavy atom. The van der Waals surface area contributed by atoms with Gasteiger partial charge in [-0.3, -0.25) is 14.5 Å². The van der Waals surface area contributed by atoms with Gasteiger partial charge >= 0.3 is 6.03 Å². The number of aryl methyl sites for hydroxylation is 1. The molecule has 3 saturated heterocycles. The molecular weight excluding hydrogens is 558 g/mol. The Kier molecular flexibility index (Phi) is 9.34. The Morgan fingerprint density at radius 1 is 1.00 bits per heavy atom. The van der Waals surface area contributed by atoms with Crippen LogP contribution in [0.25, 0.3) is 0 Å². The predicted octanol–water partition coefficient (Wildman–Crippen LogP) is 4.44. The SMILES string of the molecule is CONC(=O)c1ccc(Nc2ncc(CN3CCC(N4C(=O)N(C5CCOCC5)CC4c4ccccc4)CC3)c(C)n2)cc1. The number of aromatic nitrogens is 2. The number of benzene rings is 2. The highest BCUT2D eigenvalue weighted by molar-refractivity contribution is 5.93. The summed E-state index contributed by atoms with van der Waals surface area (Å²) in [6, 6.07) is 18.3. The molecule has 0 spiro atoms.